The molecule has 0 unspecified atom stereocenters. The second-order valence-corrected chi connectivity index (χ2v) is 6.50. The first kappa shape index (κ1) is 16.5. The van der Waals surface area contributed by atoms with Crippen LogP contribution in [-0.4, -0.2) is 27.2 Å². The molecule has 0 saturated heterocycles. The molecule has 0 aromatic carbocycles. The third-order valence-electron chi connectivity index (χ3n) is 4.23. The van der Waals surface area contributed by atoms with Gasteiger partial charge in [0.25, 0.3) is 0 Å². The zero-order valence-electron chi connectivity index (χ0n) is 13.1. The Balaban J connectivity index is 2.07. The predicted octanol–water partition coefficient (Wildman–Crippen LogP) is 3.89. The molecule has 5 heteroatoms. The first-order valence-electron chi connectivity index (χ1n) is 8.03. The summed E-state index contributed by atoms with van der Waals surface area (Å²) >= 11 is 6.18. The number of anilines is 1. The molecule has 1 fully saturated rings. The molecule has 1 aromatic rings. The van der Waals surface area contributed by atoms with Crippen molar-refractivity contribution in [2.75, 3.05) is 11.9 Å². The molecule has 0 amide bonds. The minimum Gasteiger partial charge on any atom is -0.388 e. The monoisotopic (exact) mass is 311 g/mol. The highest BCUT2D eigenvalue weighted by Gasteiger charge is 2.28. The van der Waals surface area contributed by atoms with Gasteiger partial charge in [-0.15, -0.1) is 0 Å². The standard InChI is InChI=1S/C16H26ClN3O/c1-3-8-13-19-14(17)12(2)15(20-13)18-11-16(21)9-6-4-5-7-10-16/h21H,3-11H2,1-2H3,(H,18,19,20). The van der Waals surface area contributed by atoms with Crippen molar-refractivity contribution in [1.82, 2.24) is 9.97 Å². The number of halogens is 1. The fourth-order valence-corrected chi connectivity index (χ4v) is 3.04. The second-order valence-electron chi connectivity index (χ2n) is 6.15. The number of nitrogens with one attached hydrogen (secondary N) is 1. The molecule has 1 aliphatic rings. The molecule has 1 aliphatic carbocycles. The number of nitrogens with zero attached hydrogens (tertiary/aromatic N) is 2. The lowest BCUT2D eigenvalue weighted by atomic mass is 9.94. The maximum atomic E-state index is 10.7. The van der Waals surface area contributed by atoms with Gasteiger partial charge in [0.15, 0.2) is 0 Å². The van der Waals surface area contributed by atoms with Gasteiger partial charge in [-0.3, -0.25) is 0 Å². The Morgan fingerprint density at radius 3 is 2.48 bits per heavy atom. The maximum Gasteiger partial charge on any atom is 0.137 e. The van der Waals surface area contributed by atoms with Gasteiger partial charge in [0.2, 0.25) is 0 Å². The van der Waals surface area contributed by atoms with E-state index in [1.165, 1.54) is 12.8 Å². The fourth-order valence-electron chi connectivity index (χ4n) is 2.85. The van der Waals surface area contributed by atoms with Crippen LogP contribution in [-0.2, 0) is 6.42 Å². The summed E-state index contributed by atoms with van der Waals surface area (Å²) in [7, 11) is 0. The molecule has 1 heterocycles. The molecule has 0 bridgehead atoms. The summed E-state index contributed by atoms with van der Waals surface area (Å²) in [6.45, 7) is 4.54. The van der Waals surface area contributed by atoms with Crippen molar-refractivity contribution in [1.29, 1.82) is 0 Å². The van der Waals surface area contributed by atoms with E-state index >= 15 is 0 Å². The number of hydrogen-bond acceptors (Lipinski definition) is 4. The minimum atomic E-state index is -0.620. The van der Waals surface area contributed by atoms with E-state index in [-0.39, 0.29) is 0 Å². The molecule has 2 N–H and O–H groups in total. The Kier molecular flexibility index (Phi) is 5.82. The van der Waals surface area contributed by atoms with Gasteiger partial charge in [0.1, 0.15) is 16.8 Å². The van der Waals surface area contributed by atoms with E-state index in [0.29, 0.717) is 11.7 Å². The van der Waals surface area contributed by atoms with Gasteiger partial charge in [-0.05, 0) is 26.2 Å². The van der Waals surface area contributed by atoms with Gasteiger partial charge < -0.3 is 10.4 Å². The smallest absolute Gasteiger partial charge is 0.137 e. The molecule has 1 saturated carbocycles. The van der Waals surface area contributed by atoms with Crippen molar-refractivity contribution in [3.8, 4) is 0 Å². The zero-order valence-corrected chi connectivity index (χ0v) is 13.8. The van der Waals surface area contributed by atoms with Gasteiger partial charge in [0, 0.05) is 18.5 Å². The van der Waals surface area contributed by atoms with E-state index in [4.69, 9.17) is 11.6 Å². The molecule has 1 aromatic heterocycles. The highest BCUT2D eigenvalue weighted by Crippen LogP contribution is 2.28. The van der Waals surface area contributed by atoms with Crippen molar-refractivity contribution < 1.29 is 5.11 Å². The third-order valence-corrected chi connectivity index (χ3v) is 4.59. The molecule has 4 nitrogen and oxygen atoms in total. The van der Waals surface area contributed by atoms with Crippen LogP contribution in [0.2, 0.25) is 5.15 Å². The molecular weight excluding hydrogens is 286 g/mol. The lowest BCUT2D eigenvalue weighted by Crippen LogP contribution is -2.36. The second kappa shape index (κ2) is 7.41. The number of aryl methyl sites for hydroxylation is 1. The Labute approximate surface area is 132 Å². The Bertz CT molecular complexity index is 471. The third kappa shape index (κ3) is 4.55. The zero-order chi connectivity index (χ0) is 15.3. The maximum absolute atomic E-state index is 10.7. The van der Waals surface area contributed by atoms with Crippen LogP contribution in [0.3, 0.4) is 0 Å². The van der Waals surface area contributed by atoms with Gasteiger partial charge >= 0.3 is 0 Å². The van der Waals surface area contributed by atoms with Crippen molar-refractivity contribution in [2.45, 2.75) is 70.8 Å². The Hall–Kier alpha value is -0.870. The van der Waals surface area contributed by atoms with Crippen molar-refractivity contribution in [3.05, 3.63) is 16.5 Å². The van der Waals surface area contributed by atoms with E-state index in [1.54, 1.807) is 0 Å². The van der Waals surface area contributed by atoms with Gasteiger partial charge in [-0.2, -0.15) is 0 Å². The molecule has 0 spiro atoms. The Morgan fingerprint density at radius 2 is 1.86 bits per heavy atom. The first-order chi connectivity index (χ1) is 10.0. The highest BCUT2D eigenvalue weighted by molar-refractivity contribution is 6.30. The number of rotatable bonds is 5. The van der Waals surface area contributed by atoms with Crippen LogP contribution < -0.4 is 5.32 Å². The molecule has 118 valence electrons. The van der Waals surface area contributed by atoms with E-state index in [0.717, 1.165) is 55.7 Å². The highest BCUT2D eigenvalue weighted by atomic mass is 35.5. The van der Waals surface area contributed by atoms with Gasteiger partial charge in [0.05, 0.1) is 5.60 Å². The molecule has 0 aliphatic heterocycles. The minimum absolute atomic E-state index is 0.504. The van der Waals surface area contributed by atoms with E-state index in [9.17, 15) is 5.11 Å². The summed E-state index contributed by atoms with van der Waals surface area (Å²) in [4.78, 5) is 8.85. The van der Waals surface area contributed by atoms with Crippen LogP contribution in [0, 0.1) is 6.92 Å². The summed E-state index contributed by atoms with van der Waals surface area (Å²) < 4.78 is 0. The summed E-state index contributed by atoms with van der Waals surface area (Å²) in [5.41, 5.74) is 0.236. The van der Waals surface area contributed by atoms with Gasteiger partial charge in [-0.1, -0.05) is 44.2 Å². The summed E-state index contributed by atoms with van der Waals surface area (Å²) in [5.74, 6) is 1.53. The molecule has 0 radical (unpaired) electrons. The lowest BCUT2D eigenvalue weighted by molar-refractivity contribution is 0.0380. The van der Waals surface area contributed by atoms with Crippen molar-refractivity contribution in [2.24, 2.45) is 0 Å². The molecule has 21 heavy (non-hydrogen) atoms. The summed E-state index contributed by atoms with van der Waals surface area (Å²) in [6, 6.07) is 0. The van der Waals surface area contributed by atoms with E-state index < -0.39 is 5.60 Å². The van der Waals surface area contributed by atoms with Crippen molar-refractivity contribution in [3.63, 3.8) is 0 Å². The van der Waals surface area contributed by atoms with Gasteiger partial charge in [-0.25, -0.2) is 9.97 Å². The van der Waals surface area contributed by atoms with E-state index in [1.807, 2.05) is 6.92 Å². The summed E-state index contributed by atoms with van der Waals surface area (Å²) in [5, 5.41) is 14.5. The van der Waals surface area contributed by atoms with Crippen molar-refractivity contribution >= 4 is 17.4 Å². The lowest BCUT2D eigenvalue weighted by Gasteiger charge is -2.27. The van der Waals surface area contributed by atoms with Crippen LogP contribution >= 0.6 is 11.6 Å². The fraction of sp³-hybridized carbons (Fsp3) is 0.750. The van der Waals surface area contributed by atoms with Crippen LogP contribution in [0.4, 0.5) is 5.82 Å². The number of aromatic nitrogens is 2. The van der Waals surface area contributed by atoms with Crippen LogP contribution in [0.1, 0.15) is 63.3 Å². The largest absolute Gasteiger partial charge is 0.388 e. The summed E-state index contributed by atoms with van der Waals surface area (Å²) in [6.07, 6.45) is 8.18. The number of hydrogen-bond donors (Lipinski definition) is 2. The van der Waals surface area contributed by atoms with Crippen LogP contribution in [0.15, 0.2) is 0 Å². The SMILES string of the molecule is CCCc1nc(Cl)c(C)c(NCC2(O)CCCCCC2)n1. The molecule has 2 rings (SSSR count). The number of aliphatic hydroxyl groups is 1. The first-order valence-corrected chi connectivity index (χ1v) is 8.41. The predicted molar refractivity (Wildman–Crippen MR) is 86.9 cm³/mol. The van der Waals surface area contributed by atoms with E-state index in [2.05, 4.69) is 22.2 Å². The quantitative estimate of drug-likeness (QED) is 0.640. The van der Waals surface area contributed by atoms with Crippen LogP contribution in [0.5, 0.6) is 0 Å². The van der Waals surface area contributed by atoms with Crippen LogP contribution in [0.25, 0.3) is 0 Å². The average Bonchev–Trinajstić information content (AvgIpc) is 2.67. The molecule has 0 atom stereocenters. The normalized spacial score (nSPS) is 18.3. The molecular formula is C16H26ClN3O. The Morgan fingerprint density at radius 1 is 1.19 bits per heavy atom. The average molecular weight is 312 g/mol. The topological polar surface area (TPSA) is 58.0 Å².